The van der Waals surface area contributed by atoms with Crippen LogP contribution >= 0.6 is 11.3 Å². The number of methoxy groups -OCH3 is 1. The van der Waals surface area contributed by atoms with Crippen LogP contribution in [0.5, 0.6) is 11.5 Å². The lowest BCUT2D eigenvalue weighted by atomic mass is 10.0. The number of hydrogen-bond donors (Lipinski definition) is 2. The summed E-state index contributed by atoms with van der Waals surface area (Å²) in [4.78, 5) is 24.2. The molecule has 0 aliphatic heterocycles. The van der Waals surface area contributed by atoms with Crippen LogP contribution in [0.15, 0.2) is 41.8 Å². The molecule has 0 radical (unpaired) electrons. The lowest BCUT2D eigenvalue weighted by Gasteiger charge is -2.26. The summed E-state index contributed by atoms with van der Waals surface area (Å²) in [6.45, 7) is 1.20. The average Bonchev–Trinajstić information content (AvgIpc) is 3.02. The zero-order valence-electron chi connectivity index (χ0n) is 12.7. The SMILES string of the molecule is COc1ccsc1C(=O)N[C@](C)(COc1ccccc1)C(=O)O. The van der Waals surface area contributed by atoms with Crippen LogP contribution in [-0.2, 0) is 4.79 Å². The molecule has 0 unspecified atom stereocenters. The first-order chi connectivity index (χ1) is 11.0. The highest BCUT2D eigenvalue weighted by atomic mass is 32.1. The third-order valence-electron chi connectivity index (χ3n) is 3.19. The Hall–Kier alpha value is -2.54. The van der Waals surface area contributed by atoms with Crippen LogP contribution in [0.1, 0.15) is 16.6 Å². The van der Waals surface area contributed by atoms with Gasteiger partial charge in [0.2, 0.25) is 0 Å². The zero-order valence-corrected chi connectivity index (χ0v) is 13.6. The number of para-hydroxylation sites is 1. The number of ether oxygens (including phenoxy) is 2. The van der Waals surface area contributed by atoms with Crippen molar-refractivity contribution in [2.75, 3.05) is 13.7 Å². The summed E-state index contributed by atoms with van der Waals surface area (Å²) >= 11 is 1.18. The number of hydrogen-bond acceptors (Lipinski definition) is 5. The normalized spacial score (nSPS) is 13.0. The van der Waals surface area contributed by atoms with Crippen LogP contribution in [0.3, 0.4) is 0 Å². The molecule has 23 heavy (non-hydrogen) atoms. The lowest BCUT2D eigenvalue weighted by molar-refractivity contribution is -0.145. The Labute approximate surface area is 137 Å². The third-order valence-corrected chi connectivity index (χ3v) is 4.08. The quantitative estimate of drug-likeness (QED) is 0.812. The van der Waals surface area contributed by atoms with Crippen molar-refractivity contribution >= 4 is 23.2 Å². The van der Waals surface area contributed by atoms with Crippen LogP contribution in [0.2, 0.25) is 0 Å². The van der Waals surface area contributed by atoms with Gasteiger partial charge in [-0.25, -0.2) is 4.79 Å². The minimum absolute atomic E-state index is 0.203. The van der Waals surface area contributed by atoms with Crippen LogP contribution in [0.4, 0.5) is 0 Å². The summed E-state index contributed by atoms with van der Waals surface area (Å²) in [5.74, 6) is -0.761. The van der Waals surface area contributed by atoms with Crippen molar-refractivity contribution in [1.82, 2.24) is 5.32 Å². The molecule has 0 spiro atoms. The summed E-state index contributed by atoms with van der Waals surface area (Å²) in [6.07, 6.45) is 0. The molecular weight excluding hydrogens is 318 g/mol. The number of thiophene rings is 1. The van der Waals surface area contributed by atoms with E-state index in [-0.39, 0.29) is 6.61 Å². The first-order valence-electron chi connectivity index (χ1n) is 6.81. The largest absolute Gasteiger partial charge is 0.495 e. The highest BCUT2D eigenvalue weighted by Gasteiger charge is 2.37. The number of aliphatic carboxylic acids is 1. The van der Waals surface area contributed by atoms with Crippen LogP contribution in [0.25, 0.3) is 0 Å². The molecule has 0 aliphatic rings. The van der Waals surface area contributed by atoms with Crippen molar-refractivity contribution in [3.05, 3.63) is 46.7 Å². The maximum atomic E-state index is 12.3. The predicted octanol–water partition coefficient (Wildman–Crippen LogP) is 2.41. The Balaban J connectivity index is 2.11. The number of amides is 1. The number of carboxylic acids is 1. The second kappa shape index (κ2) is 7.15. The van der Waals surface area contributed by atoms with Crippen LogP contribution in [-0.4, -0.2) is 36.2 Å². The highest BCUT2D eigenvalue weighted by Crippen LogP contribution is 2.25. The molecule has 1 aromatic carbocycles. The zero-order chi connectivity index (χ0) is 16.9. The van der Waals surface area contributed by atoms with Gasteiger partial charge in [0.1, 0.15) is 23.0 Å². The average molecular weight is 335 g/mol. The topological polar surface area (TPSA) is 84.9 Å². The van der Waals surface area contributed by atoms with Gasteiger partial charge < -0.3 is 19.9 Å². The molecule has 0 saturated carbocycles. The first kappa shape index (κ1) is 16.8. The Morgan fingerprint density at radius 2 is 1.96 bits per heavy atom. The lowest BCUT2D eigenvalue weighted by Crippen LogP contribution is -2.56. The fraction of sp³-hybridized carbons (Fsp3) is 0.250. The van der Waals surface area contributed by atoms with E-state index >= 15 is 0 Å². The standard InChI is InChI=1S/C16H17NO5S/c1-16(15(19)20,10-22-11-6-4-3-5-7-11)17-14(18)13-12(21-2)8-9-23-13/h3-9H,10H2,1-2H3,(H,17,18)(H,19,20)/t16-/m1/s1. The first-order valence-corrected chi connectivity index (χ1v) is 7.69. The van der Waals surface area contributed by atoms with E-state index in [0.29, 0.717) is 16.4 Å². The number of benzene rings is 1. The van der Waals surface area contributed by atoms with Gasteiger partial charge in [0.25, 0.3) is 5.91 Å². The van der Waals surface area contributed by atoms with Crippen molar-refractivity contribution in [3.63, 3.8) is 0 Å². The maximum Gasteiger partial charge on any atom is 0.332 e. The Morgan fingerprint density at radius 3 is 2.57 bits per heavy atom. The van der Waals surface area contributed by atoms with E-state index in [9.17, 15) is 14.7 Å². The molecule has 1 atom stereocenters. The number of carbonyl (C=O) groups excluding carboxylic acids is 1. The molecule has 1 heterocycles. The predicted molar refractivity (Wildman–Crippen MR) is 86.3 cm³/mol. The monoisotopic (exact) mass is 335 g/mol. The second-order valence-corrected chi connectivity index (χ2v) is 5.93. The van der Waals surface area contributed by atoms with E-state index in [4.69, 9.17) is 9.47 Å². The van der Waals surface area contributed by atoms with E-state index < -0.39 is 17.4 Å². The smallest absolute Gasteiger partial charge is 0.332 e. The summed E-state index contributed by atoms with van der Waals surface area (Å²) in [5, 5.41) is 13.7. The van der Waals surface area contributed by atoms with E-state index in [1.165, 1.54) is 25.4 Å². The van der Waals surface area contributed by atoms with E-state index in [0.717, 1.165) is 0 Å². The van der Waals surface area contributed by atoms with Crippen molar-refractivity contribution in [2.24, 2.45) is 0 Å². The number of carbonyl (C=O) groups is 2. The molecule has 122 valence electrons. The molecule has 6 nitrogen and oxygen atoms in total. The number of carboxylic acid groups (broad SMARTS) is 1. The Morgan fingerprint density at radius 1 is 1.26 bits per heavy atom. The fourth-order valence-electron chi connectivity index (χ4n) is 1.83. The van der Waals surface area contributed by atoms with Gasteiger partial charge in [-0.3, -0.25) is 4.79 Å². The van der Waals surface area contributed by atoms with Crippen molar-refractivity contribution in [3.8, 4) is 11.5 Å². The molecule has 1 aromatic heterocycles. The van der Waals surface area contributed by atoms with Crippen molar-refractivity contribution in [1.29, 1.82) is 0 Å². The third kappa shape index (κ3) is 4.01. The molecule has 0 bridgehead atoms. The van der Waals surface area contributed by atoms with E-state index in [1.54, 1.807) is 35.7 Å². The molecule has 2 N–H and O–H groups in total. The number of nitrogens with one attached hydrogen (secondary N) is 1. The molecule has 7 heteroatoms. The van der Waals surface area contributed by atoms with Gasteiger partial charge in [-0.2, -0.15) is 0 Å². The van der Waals surface area contributed by atoms with Gasteiger partial charge in [-0.05, 0) is 30.5 Å². The van der Waals surface area contributed by atoms with Gasteiger partial charge in [0, 0.05) is 0 Å². The summed E-state index contributed by atoms with van der Waals surface area (Å²) in [6, 6.07) is 10.5. The van der Waals surface area contributed by atoms with Crippen LogP contribution in [0, 0.1) is 0 Å². The van der Waals surface area contributed by atoms with E-state index in [2.05, 4.69) is 5.32 Å². The van der Waals surface area contributed by atoms with Crippen molar-refractivity contribution < 1.29 is 24.2 Å². The fourth-order valence-corrected chi connectivity index (χ4v) is 2.58. The van der Waals surface area contributed by atoms with Gasteiger partial charge >= 0.3 is 5.97 Å². The summed E-state index contributed by atoms with van der Waals surface area (Å²) in [5.41, 5.74) is -1.57. The molecule has 1 amide bonds. The Bertz CT molecular complexity index is 685. The molecule has 0 aliphatic carbocycles. The minimum Gasteiger partial charge on any atom is -0.495 e. The van der Waals surface area contributed by atoms with E-state index in [1.807, 2.05) is 6.07 Å². The van der Waals surface area contributed by atoms with Crippen LogP contribution < -0.4 is 14.8 Å². The Kier molecular flexibility index (Phi) is 5.23. The molecule has 0 fully saturated rings. The molecule has 2 rings (SSSR count). The van der Waals surface area contributed by atoms with Crippen molar-refractivity contribution in [2.45, 2.75) is 12.5 Å². The summed E-state index contributed by atoms with van der Waals surface area (Å²) < 4.78 is 10.6. The van der Waals surface area contributed by atoms with Gasteiger partial charge in [-0.1, -0.05) is 18.2 Å². The second-order valence-electron chi connectivity index (χ2n) is 5.01. The molecular formula is C16H17NO5S. The van der Waals surface area contributed by atoms with Gasteiger partial charge in [0.15, 0.2) is 5.54 Å². The molecule has 2 aromatic rings. The minimum atomic E-state index is -1.57. The maximum absolute atomic E-state index is 12.3. The highest BCUT2D eigenvalue weighted by molar-refractivity contribution is 7.12. The van der Waals surface area contributed by atoms with Gasteiger partial charge in [0.05, 0.1) is 7.11 Å². The molecule has 0 saturated heterocycles. The number of rotatable bonds is 7. The van der Waals surface area contributed by atoms with Gasteiger partial charge in [-0.15, -0.1) is 11.3 Å². The summed E-state index contributed by atoms with van der Waals surface area (Å²) in [7, 11) is 1.45.